The van der Waals surface area contributed by atoms with Gasteiger partial charge in [-0.1, -0.05) is 7.43 Å². The molecule has 1 radical (unpaired) electrons. The molecule has 0 aliphatic carbocycles. The van der Waals surface area contributed by atoms with Gasteiger partial charge in [-0.15, -0.1) is 0 Å². The maximum atomic E-state index is 9.62. The van der Waals surface area contributed by atoms with E-state index in [0.717, 1.165) is 0 Å². The van der Waals surface area contributed by atoms with Gasteiger partial charge in [-0.2, -0.15) is 0 Å². The summed E-state index contributed by atoms with van der Waals surface area (Å²) in [7, 11) is 0. The van der Waals surface area contributed by atoms with Crippen LogP contribution < -0.4 is 0 Å². The zero-order valence-electron chi connectivity index (χ0n) is 4.32. The first-order chi connectivity index (χ1) is 2.27. The maximum absolute atomic E-state index is 9.62. The molecule has 0 aliphatic heterocycles. The molecule has 35 valence electrons. The quantitative estimate of drug-likeness (QED) is 0.388. The van der Waals surface area contributed by atoms with Crippen molar-refractivity contribution >= 4 is 22.6 Å². The van der Waals surface area contributed by atoms with Crippen LogP contribution in [-0.2, 0) is 8.58 Å². The highest BCUT2D eigenvalue weighted by atomic mass is 27.1. The molecule has 0 aliphatic rings. The molecule has 0 aromatic rings. The molecule has 0 fully saturated rings. The monoisotopic (exact) mass is 103 g/mol. The van der Waals surface area contributed by atoms with Gasteiger partial charge in [0.05, 0.1) is 0 Å². The van der Waals surface area contributed by atoms with Crippen LogP contribution in [0.15, 0.2) is 0 Å². The SMILES string of the molecule is CC(=O)[O][AlH2].[CH3]. The largest absolute Gasteiger partial charge is 0.622 e. The van der Waals surface area contributed by atoms with Crippen LogP contribution in [0, 0.1) is 7.43 Å². The summed E-state index contributed by atoms with van der Waals surface area (Å²) in [5.41, 5.74) is 0. The van der Waals surface area contributed by atoms with Crippen LogP contribution in [0.4, 0.5) is 0 Å². The van der Waals surface area contributed by atoms with Gasteiger partial charge in [-0.05, 0) is 0 Å². The lowest BCUT2D eigenvalue weighted by Crippen LogP contribution is -1.90. The molecule has 3 heteroatoms. The Bertz CT molecular complexity index is 44.1. The third-order valence-electron chi connectivity index (χ3n) is 0.287. The normalized spacial score (nSPS) is 5.50. The molecule has 2 nitrogen and oxygen atoms in total. The van der Waals surface area contributed by atoms with E-state index in [1.54, 1.807) is 0 Å². The Hall–Kier alpha value is 0.00247. The number of hydrogen-bond acceptors (Lipinski definition) is 2. The zero-order valence-corrected chi connectivity index (χ0v) is 6.32. The molecule has 0 saturated heterocycles. The average Bonchev–Trinajstić information content (AvgIpc) is 1.38. The summed E-state index contributed by atoms with van der Waals surface area (Å²) in [5, 5.41) is 0. The van der Waals surface area contributed by atoms with E-state index in [0.29, 0.717) is 16.6 Å². The molecule has 0 N–H and O–H groups in total. The lowest BCUT2D eigenvalue weighted by atomic mass is 10.9. The van der Waals surface area contributed by atoms with E-state index in [9.17, 15) is 4.79 Å². The second kappa shape index (κ2) is 5.00. The Morgan fingerprint density at radius 1 is 1.83 bits per heavy atom. The zero-order chi connectivity index (χ0) is 4.28. The van der Waals surface area contributed by atoms with Crippen LogP contribution in [0.25, 0.3) is 0 Å². The van der Waals surface area contributed by atoms with E-state index in [1.807, 2.05) is 0 Å². The summed E-state index contributed by atoms with van der Waals surface area (Å²) >= 11 is 0.524. The van der Waals surface area contributed by atoms with E-state index in [4.69, 9.17) is 0 Å². The molecular formula is C3H8AlO2. The fraction of sp³-hybridized carbons (Fsp3) is 0.333. The number of carbonyl (C=O) groups is 1. The minimum absolute atomic E-state index is 0. The summed E-state index contributed by atoms with van der Waals surface area (Å²) in [6.45, 7) is 1.40. The van der Waals surface area contributed by atoms with E-state index in [1.165, 1.54) is 6.92 Å². The van der Waals surface area contributed by atoms with Gasteiger partial charge in [0, 0.05) is 6.92 Å². The lowest BCUT2D eigenvalue weighted by Gasteiger charge is -1.84. The van der Waals surface area contributed by atoms with Gasteiger partial charge >= 0.3 is 16.6 Å². The first-order valence-electron chi connectivity index (χ1n) is 1.32. The summed E-state index contributed by atoms with van der Waals surface area (Å²) in [6.07, 6.45) is 0. The molecule has 0 unspecified atom stereocenters. The molecule has 0 saturated carbocycles. The molecule has 0 amide bonds. The minimum atomic E-state index is -0.184. The molecular weight excluding hydrogens is 95.0 g/mol. The van der Waals surface area contributed by atoms with Crippen LogP contribution in [0.2, 0.25) is 0 Å². The molecule has 0 rings (SSSR count). The Morgan fingerprint density at radius 2 is 2.00 bits per heavy atom. The van der Waals surface area contributed by atoms with Crippen molar-refractivity contribution in [3.05, 3.63) is 7.43 Å². The predicted molar refractivity (Wildman–Crippen MR) is 26.7 cm³/mol. The van der Waals surface area contributed by atoms with Crippen molar-refractivity contribution in [3.63, 3.8) is 0 Å². The summed E-state index contributed by atoms with van der Waals surface area (Å²) in [6, 6.07) is 0. The van der Waals surface area contributed by atoms with Gasteiger partial charge in [-0.3, -0.25) is 4.79 Å². The molecule has 6 heavy (non-hydrogen) atoms. The summed E-state index contributed by atoms with van der Waals surface area (Å²) in [4.78, 5) is 9.62. The summed E-state index contributed by atoms with van der Waals surface area (Å²) < 4.78 is 4.25. The van der Waals surface area contributed by atoms with Crippen molar-refractivity contribution in [2.45, 2.75) is 6.92 Å². The minimum Gasteiger partial charge on any atom is -0.622 e. The Kier molecular flexibility index (Phi) is 7.82. The van der Waals surface area contributed by atoms with Crippen molar-refractivity contribution in [1.82, 2.24) is 0 Å². The molecule has 0 aromatic heterocycles. The highest BCUT2D eigenvalue weighted by molar-refractivity contribution is 6.04. The van der Waals surface area contributed by atoms with Crippen molar-refractivity contribution in [2.24, 2.45) is 0 Å². The highest BCUT2D eigenvalue weighted by Crippen LogP contribution is 1.58. The second-order valence-electron chi connectivity index (χ2n) is 0.696. The van der Waals surface area contributed by atoms with Gasteiger partial charge in [0.2, 0.25) is 0 Å². The molecule has 0 atom stereocenters. The standard InChI is InChI=1S/C2H4O2.CH3.Al.2H/c1-2(3)4;;;;/h1H3,(H,3,4);1H3;;;/q;;+1;;/p-1. The van der Waals surface area contributed by atoms with Crippen LogP contribution in [0.3, 0.4) is 0 Å². The van der Waals surface area contributed by atoms with E-state index >= 15 is 0 Å². The first kappa shape index (κ1) is 9.38. The number of rotatable bonds is 0. The second-order valence-corrected chi connectivity index (χ2v) is 1.10. The van der Waals surface area contributed by atoms with Gasteiger partial charge in [0.25, 0.3) is 5.97 Å². The third-order valence-corrected chi connectivity index (χ3v) is 0.862. The van der Waals surface area contributed by atoms with Crippen molar-refractivity contribution in [1.29, 1.82) is 0 Å². The third kappa shape index (κ3) is 9.00. The lowest BCUT2D eigenvalue weighted by molar-refractivity contribution is -0.131. The van der Waals surface area contributed by atoms with E-state index in [-0.39, 0.29) is 13.4 Å². The predicted octanol–water partition coefficient (Wildman–Crippen LogP) is -0.452. The first-order valence-corrected chi connectivity index (χ1v) is 2.13. The molecule has 0 aromatic carbocycles. The molecule has 0 spiro atoms. The number of hydrogen-bond donors (Lipinski definition) is 0. The average molecular weight is 103 g/mol. The molecule has 0 bridgehead atoms. The Balaban J connectivity index is 0. The van der Waals surface area contributed by atoms with Crippen LogP contribution in [0.1, 0.15) is 6.92 Å². The van der Waals surface area contributed by atoms with Crippen LogP contribution in [0.5, 0.6) is 0 Å². The Morgan fingerprint density at radius 3 is 2.00 bits per heavy atom. The van der Waals surface area contributed by atoms with Gasteiger partial charge in [0.1, 0.15) is 0 Å². The highest BCUT2D eigenvalue weighted by Gasteiger charge is 1.74. The Labute approximate surface area is 46.2 Å². The van der Waals surface area contributed by atoms with Crippen LogP contribution in [-0.4, -0.2) is 22.6 Å². The van der Waals surface area contributed by atoms with Crippen LogP contribution >= 0.6 is 0 Å². The van der Waals surface area contributed by atoms with Gasteiger partial charge < -0.3 is 3.79 Å². The van der Waals surface area contributed by atoms with E-state index < -0.39 is 0 Å². The summed E-state index contributed by atoms with van der Waals surface area (Å²) in [5.74, 6) is -0.184. The maximum Gasteiger partial charge on any atom is 0.499 e. The smallest absolute Gasteiger partial charge is 0.499 e. The molecule has 0 heterocycles. The van der Waals surface area contributed by atoms with Crippen molar-refractivity contribution in [2.75, 3.05) is 0 Å². The van der Waals surface area contributed by atoms with E-state index in [2.05, 4.69) is 3.79 Å². The van der Waals surface area contributed by atoms with Gasteiger partial charge in [-0.25, -0.2) is 0 Å². The van der Waals surface area contributed by atoms with Crippen molar-refractivity contribution < 1.29 is 8.58 Å². The fourth-order valence-corrected chi connectivity index (χ4v) is 0. The van der Waals surface area contributed by atoms with Crippen molar-refractivity contribution in [3.8, 4) is 0 Å². The fourth-order valence-electron chi connectivity index (χ4n) is 0. The topological polar surface area (TPSA) is 26.3 Å². The van der Waals surface area contributed by atoms with Gasteiger partial charge in [0.15, 0.2) is 0 Å². The number of carbonyl (C=O) groups excluding carboxylic acids is 1.